The van der Waals surface area contributed by atoms with Gasteiger partial charge in [0.05, 0.1) is 26.2 Å². The molecular formula is C72H121NO14. The number of hydrogen-bond acceptors (Lipinski definition) is 15. The highest BCUT2D eigenvalue weighted by Crippen LogP contribution is 2.43. The molecule has 0 bridgehead atoms. The average Bonchev–Trinajstić information content (AvgIpc) is 1.76. The number of hydrogen-bond donors (Lipinski definition) is 0. The third-order valence-electron chi connectivity index (χ3n) is 17.4. The normalized spacial score (nSPS) is 14.2. The monoisotopic (exact) mass is 1220 g/mol. The van der Waals surface area contributed by atoms with Crippen LogP contribution in [0.5, 0.6) is 11.5 Å². The van der Waals surface area contributed by atoms with Gasteiger partial charge >= 0.3 is 35.8 Å². The van der Waals surface area contributed by atoms with Crippen LogP contribution < -0.4 is 9.47 Å². The summed E-state index contributed by atoms with van der Waals surface area (Å²) in [6, 6.07) is 0. The minimum Gasteiger partial charge on any atom is -0.496 e. The number of morpholine rings is 1. The van der Waals surface area contributed by atoms with Crippen LogP contribution in [0.15, 0.2) is 11.6 Å². The van der Waals surface area contributed by atoms with E-state index in [1.807, 2.05) is 33.8 Å². The lowest BCUT2D eigenvalue weighted by atomic mass is 9.94. The second-order valence-corrected chi connectivity index (χ2v) is 25.3. The molecule has 2 heterocycles. The number of methoxy groups -OCH3 is 1. The molecule has 0 spiro atoms. The highest BCUT2D eigenvalue weighted by atomic mass is 16.6. The van der Waals surface area contributed by atoms with E-state index in [1.165, 1.54) is 128 Å². The predicted molar refractivity (Wildman–Crippen MR) is 345 cm³/mol. The minimum atomic E-state index is -0.868. The first-order valence-corrected chi connectivity index (χ1v) is 35.0. The fourth-order valence-electron chi connectivity index (χ4n) is 11.6. The number of benzene rings is 1. The van der Waals surface area contributed by atoms with Crippen molar-refractivity contribution >= 4 is 35.8 Å². The Bertz CT molecular complexity index is 2050. The molecule has 0 radical (unpaired) electrons. The zero-order chi connectivity index (χ0) is 63.1. The minimum absolute atomic E-state index is 0.0623. The molecule has 87 heavy (non-hydrogen) atoms. The van der Waals surface area contributed by atoms with E-state index in [-0.39, 0.29) is 67.8 Å². The zero-order valence-corrected chi connectivity index (χ0v) is 55.9. The van der Waals surface area contributed by atoms with Crippen LogP contribution in [0.4, 0.5) is 0 Å². The summed E-state index contributed by atoms with van der Waals surface area (Å²) < 4.78 is 45.4. The van der Waals surface area contributed by atoms with Gasteiger partial charge in [0.25, 0.3) is 0 Å². The number of esters is 6. The van der Waals surface area contributed by atoms with Crippen LogP contribution in [0.3, 0.4) is 0 Å². The Balaban J connectivity index is 1.40. The summed E-state index contributed by atoms with van der Waals surface area (Å²) in [5, 5.41) is 0. The number of cyclic esters (lactones) is 1. The fraction of sp³-hybridized carbons (Fsp3) is 0.806. The summed E-state index contributed by atoms with van der Waals surface area (Å²) in [6.07, 6.45) is 40.8. The summed E-state index contributed by atoms with van der Waals surface area (Å²) in [4.78, 5) is 80.6. The quantitative estimate of drug-likeness (QED) is 0.0197. The molecular weight excluding hydrogens is 1100 g/mol. The Morgan fingerprint density at radius 1 is 0.575 bits per heavy atom. The van der Waals surface area contributed by atoms with Crippen LogP contribution in [-0.2, 0) is 65.4 Å². The van der Waals surface area contributed by atoms with Crippen LogP contribution in [0.1, 0.15) is 306 Å². The van der Waals surface area contributed by atoms with Crippen LogP contribution in [-0.4, -0.2) is 107 Å². The van der Waals surface area contributed by atoms with E-state index >= 15 is 0 Å². The van der Waals surface area contributed by atoms with E-state index in [1.54, 1.807) is 7.11 Å². The van der Waals surface area contributed by atoms with Gasteiger partial charge in [0.1, 0.15) is 37.7 Å². The highest BCUT2D eigenvalue weighted by Gasteiger charge is 2.35. The molecule has 1 saturated heterocycles. The molecule has 0 aliphatic carbocycles. The topological polar surface area (TPSA) is 179 Å². The van der Waals surface area contributed by atoms with Crippen LogP contribution in [0.25, 0.3) is 0 Å². The van der Waals surface area contributed by atoms with E-state index in [0.29, 0.717) is 75.3 Å². The number of carbonyl (C=O) groups excluding carboxylic acids is 6. The van der Waals surface area contributed by atoms with E-state index in [4.69, 9.17) is 37.9 Å². The maximum Gasteiger partial charge on any atom is 0.342 e. The van der Waals surface area contributed by atoms with Gasteiger partial charge in [-0.25, -0.2) is 4.79 Å². The maximum atomic E-state index is 13.8. The van der Waals surface area contributed by atoms with Gasteiger partial charge in [-0.05, 0) is 57.4 Å². The van der Waals surface area contributed by atoms with Crippen molar-refractivity contribution in [2.24, 2.45) is 11.8 Å². The molecule has 0 N–H and O–H groups in total. The number of unbranched alkanes of at least 4 members (excludes halogenated alkanes) is 28. The average molecular weight is 1220 g/mol. The van der Waals surface area contributed by atoms with Crippen molar-refractivity contribution in [3.8, 4) is 11.5 Å². The molecule has 0 saturated carbocycles. The van der Waals surface area contributed by atoms with Gasteiger partial charge in [0.15, 0.2) is 11.9 Å². The molecule has 1 aromatic carbocycles. The molecule has 498 valence electrons. The molecule has 2 atom stereocenters. The first-order chi connectivity index (χ1) is 42.3. The van der Waals surface area contributed by atoms with Crippen molar-refractivity contribution in [1.29, 1.82) is 0 Å². The van der Waals surface area contributed by atoms with Crippen molar-refractivity contribution in [3.63, 3.8) is 0 Å². The smallest absolute Gasteiger partial charge is 0.342 e. The van der Waals surface area contributed by atoms with Crippen LogP contribution in [0.2, 0.25) is 0 Å². The molecule has 1 aromatic rings. The van der Waals surface area contributed by atoms with Crippen LogP contribution in [0, 0.1) is 18.8 Å². The number of nitrogens with zero attached hydrogens (tertiary/aromatic N) is 1. The highest BCUT2D eigenvalue weighted by molar-refractivity contribution is 5.99. The van der Waals surface area contributed by atoms with Crippen LogP contribution >= 0.6 is 0 Å². The van der Waals surface area contributed by atoms with E-state index in [2.05, 4.69) is 18.7 Å². The molecule has 0 amide bonds. The lowest BCUT2D eigenvalue weighted by Gasteiger charge is -2.26. The lowest BCUT2D eigenvalue weighted by molar-refractivity contribution is -0.167. The Morgan fingerprint density at radius 2 is 1.05 bits per heavy atom. The van der Waals surface area contributed by atoms with Crippen molar-refractivity contribution in [1.82, 2.24) is 4.90 Å². The number of fused-ring (bicyclic) bond motifs is 1. The van der Waals surface area contributed by atoms with Gasteiger partial charge in [0, 0.05) is 56.4 Å². The fourth-order valence-corrected chi connectivity index (χ4v) is 11.6. The van der Waals surface area contributed by atoms with Crippen molar-refractivity contribution in [2.45, 2.75) is 305 Å². The summed E-state index contributed by atoms with van der Waals surface area (Å²) in [6.45, 7) is 16.0. The Kier molecular flexibility index (Phi) is 43.5. The second kappa shape index (κ2) is 49.3. The first-order valence-electron chi connectivity index (χ1n) is 35.0. The first kappa shape index (κ1) is 76.7. The molecule has 15 nitrogen and oxygen atoms in total. The lowest BCUT2D eigenvalue weighted by Crippen LogP contribution is -2.38. The van der Waals surface area contributed by atoms with Gasteiger partial charge in [-0.3, -0.25) is 28.9 Å². The third-order valence-corrected chi connectivity index (χ3v) is 17.4. The molecule has 2 aliphatic rings. The summed E-state index contributed by atoms with van der Waals surface area (Å²) in [5.74, 6) is -1.95. The predicted octanol–water partition coefficient (Wildman–Crippen LogP) is 17.1. The molecule has 3 rings (SSSR count). The molecule has 2 unspecified atom stereocenters. The summed E-state index contributed by atoms with van der Waals surface area (Å²) in [7, 11) is 1.56. The second-order valence-electron chi connectivity index (χ2n) is 25.3. The molecule has 0 aromatic heterocycles. The number of ether oxygens (including phenoxy) is 8. The van der Waals surface area contributed by atoms with Gasteiger partial charge < -0.3 is 37.9 Å². The molecule has 2 aliphatic heterocycles. The van der Waals surface area contributed by atoms with Gasteiger partial charge in [-0.2, -0.15) is 0 Å². The zero-order valence-electron chi connectivity index (χ0n) is 55.9. The molecule has 1 fully saturated rings. The molecule has 15 heteroatoms. The Hall–Kier alpha value is -4.50. The van der Waals surface area contributed by atoms with E-state index in [0.717, 1.165) is 101 Å². The van der Waals surface area contributed by atoms with Crippen molar-refractivity contribution in [2.75, 3.05) is 59.8 Å². The van der Waals surface area contributed by atoms with E-state index < -0.39 is 29.9 Å². The largest absolute Gasteiger partial charge is 0.496 e. The SMILES string of the molecule is CCCCCCCCCCCCCCCC(=O)OCC(COC(=O)CCCCCCCCCCCCCCC)OC(=O)CC(C)CCCCCCCC(C)C(=O)Oc1c(CC=C(C)CCC(=O)OCCN2CCOCC2)c(OC)c(C)c2c1C(=O)OC2. The maximum absolute atomic E-state index is 13.8. The van der Waals surface area contributed by atoms with Gasteiger partial charge in [-0.15, -0.1) is 0 Å². The Morgan fingerprint density at radius 3 is 1.55 bits per heavy atom. The number of allylic oxidation sites excluding steroid dienone is 2. The summed E-state index contributed by atoms with van der Waals surface area (Å²) in [5.41, 5.74) is 3.19. The third kappa shape index (κ3) is 35.5. The van der Waals surface area contributed by atoms with Gasteiger partial charge in [0.2, 0.25) is 0 Å². The Labute approximate surface area is 526 Å². The number of carbonyl (C=O) groups is 6. The van der Waals surface area contributed by atoms with Crippen molar-refractivity contribution in [3.05, 3.63) is 33.9 Å². The van der Waals surface area contributed by atoms with Crippen molar-refractivity contribution < 1.29 is 66.7 Å². The van der Waals surface area contributed by atoms with Gasteiger partial charge in [-0.1, -0.05) is 232 Å². The number of rotatable bonds is 54. The standard InChI is InChI=1S/C72H121NO14/c1-8-10-12-14-16-18-20-22-24-26-28-33-37-41-64(74)83-54-61(55-84-65(75)42-38-34-29-27-25-23-21-19-17-15-13-11-9-2)86-67(77)53-58(4)39-35-31-30-32-36-40-59(5)71(78)87-70-62(69(80-7)60(6)63-56-85-72(79)68(63)70)45-43-57(3)44-46-66(76)82-52-49-73-47-50-81-51-48-73/h43,58-59,61H,8-42,44-56H2,1-7H3. The summed E-state index contributed by atoms with van der Waals surface area (Å²) >= 11 is 0. The van der Waals surface area contributed by atoms with E-state index in [9.17, 15) is 28.8 Å².